The molecule has 0 amide bonds. The van der Waals surface area contributed by atoms with E-state index >= 15 is 0 Å². The van der Waals surface area contributed by atoms with Crippen molar-refractivity contribution in [1.29, 1.82) is 0 Å². The lowest BCUT2D eigenvalue weighted by Crippen LogP contribution is -2.08. The molecule has 5 heteroatoms. The maximum absolute atomic E-state index is 13.3. The highest BCUT2D eigenvalue weighted by Gasteiger charge is 2.18. The molecule has 0 atom stereocenters. The molecular weight excluding hydrogens is 272 g/mol. The predicted molar refractivity (Wildman–Crippen MR) is 78.7 cm³/mol. The fourth-order valence-electron chi connectivity index (χ4n) is 3.03. The van der Waals surface area contributed by atoms with Gasteiger partial charge in [-0.2, -0.15) is 5.10 Å². The van der Waals surface area contributed by atoms with E-state index in [-0.39, 0.29) is 0 Å². The maximum atomic E-state index is 13.3. The third kappa shape index (κ3) is 3.06. The molecule has 0 unspecified atom stereocenters. The van der Waals surface area contributed by atoms with E-state index < -0.39 is 11.6 Å². The molecule has 1 aliphatic rings. The van der Waals surface area contributed by atoms with Crippen LogP contribution in [0.15, 0.2) is 24.4 Å². The van der Waals surface area contributed by atoms with E-state index in [0.717, 1.165) is 18.9 Å². The minimum absolute atomic E-state index is 0.335. The lowest BCUT2D eigenvalue weighted by atomic mass is 10.1. The van der Waals surface area contributed by atoms with Crippen LogP contribution in [0.1, 0.15) is 44.6 Å². The van der Waals surface area contributed by atoms with Gasteiger partial charge in [0.2, 0.25) is 0 Å². The molecule has 0 radical (unpaired) electrons. The van der Waals surface area contributed by atoms with E-state index in [1.807, 2.05) is 4.68 Å². The van der Waals surface area contributed by atoms with Crippen LogP contribution in [-0.4, -0.2) is 9.78 Å². The first kappa shape index (κ1) is 14.0. The topological polar surface area (TPSA) is 43.8 Å². The van der Waals surface area contributed by atoms with Gasteiger partial charge in [-0.1, -0.05) is 25.7 Å². The zero-order valence-electron chi connectivity index (χ0n) is 11.9. The SMILES string of the molecule is Nc1cn(C2CCCCCC2)nc1-c1cc(F)cc(F)c1. The van der Waals surface area contributed by atoms with Gasteiger partial charge in [-0.3, -0.25) is 4.68 Å². The van der Waals surface area contributed by atoms with Gasteiger partial charge in [-0.15, -0.1) is 0 Å². The summed E-state index contributed by atoms with van der Waals surface area (Å²) < 4.78 is 28.6. The van der Waals surface area contributed by atoms with Crippen molar-refractivity contribution in [3.05, 3.63) is 36.0 Å². The Labute approximate surface area is 122 Å². The Morgan fingerprint density at radius 2 is 1.62 bits per heavy atom. The van der Waals surface area contributed by atoms with Crippen LogP contribution >= 0.6 is 0 Å². The van der Waals surface area contributed by atoms with Gasteiger partial charge in [0, 0.05) is 17.8 Å². The highest BCUT2D eigenvalue weighted by Crippen LogP contribution is 2.31. The first-order valence-corrected chi connectivity index (χ1v) is 7.44. The number of aromatic nitrogens is 2. The largest absolute Gasteiger partial charge is 0.396 e. The third-order valence-corrected chi connectivity index (χ3v) is 4.10. The van der Waals surface area contributed by atoms with Gasteiger partial charge in [0.25, 0.3) is 0 Å². The number of hydrogen-bond donors (Lipinski definition) is 1. The van der Waals surface area contributed by atoms with Crippen LogP contribution in [0.3, 0.4) is 0 Å². The quantitative estimate of drug-likeness (QED) is 0.838. The van der Waals surface area contributed by atoms with Gasteiger partial charge in [-0.25, -0.2) is 8.78 Å². The molecule has 3 nitrogen and oxygen atoms in total. The summed E-state index contributed by atoms with van der Waals surface area (Å²) in [7, 11) is 0. The number of nitrogens with two attached hydrogens (primary N) is 1. The minimum Gasteiger partial charge on any atom is -0.396 e. The Balaban J connectivity index is 1.93. The molecule has 0 bridgehead atoms. The summed E-state index contributed by atoms with van der Waals surface area (Å²) in [6.07, 6.45) is 8.84. The first-order chi connectivity index (χ1) is 10.1. The van der Waals surface area contributed by atoms with Crippen molar-refractivity contribution in [2.45, 2.75) is 44.6 Å². The summed E-state index contributed by atoms with van der Waals surface area (Å²) in [5, 5.41) is 4.49. The number of hydrogen-bond acceptors (Lipinski definition) is 2. The van der Waals surface area contributed by atoms with E-state index in [9.17, 15) is 8.78 Å². The fourth-order valence-corrected chi connectivity index (χ4v) is 3.03. The van der Waals surface area contributed by atoms with Gasteiger partial charge < -0.3 is 5.73 Å². The molecule has 3 rings (SSSR count). The molecule has 0 spiro atoms. The average molecular weight is 291 g/mol. The average Bonchev–Trinajstić information content (AvgIpc) is 2.65. The summed E-state index contributed by atoms with van der Waals surface area (Å²) in [6.45, 7) is 0. The van der Waals surface area contributed by atoms with E-state index in [1.54, 1.807) is 6.20 Å². The van der Waals surface area contributed by atoms with Gasteiger partial charge in [0.1, 0.15) is 17.3 Å². The Morgan fingerprint density at radius 3 is 2.24 bits per heavy atom. The minimum atomic E-state index is -0.617. The second kappa shape index (κ2) is 5.84. The van der Waals surface area contributed by atoms with Crippen LogP contribution in [0.25, 0.3) is 11.3 Å². The Hall–Kier alpha value is -1.91. The van der Waals surface area contributed by atoms with Crippen molar-refractivity contribution in [2.75, 3.05) is 5.73 Å². The van der Waals surface area contributed by atoms with Crippen molar-refractivity contribution in [1.82, 2.24) is 9.78 Å². The molecule has 1 heterocycles. The van der Waals surface area contributed by atoms with Gasteiger partial charge in [-0.05, 0) is 25.0 Å². The summed E-state index contributed by atoms with van der Waals surface area (Å²) in [6, 6.07) is 3.71. The summed E-state index contributed by atoms with van der Waals surface area (Å²) in [5.74, 6) is -1.23. The van der Waals surface area contributed by atoms with Crippen LogP contribution in [0, 0.1) is 11.6 Å². The molecule has 1 aromatic heterocycles. The zero-order valence-corrected chi connectivity index (χ0v) is 11.9. The van der Waals surface area contributed by atoms with Crippen LogP contribution in [-0.2, 0) is 0 Å². The molecule has 2 aromatic rings. The van der Waals surface area contributed by atoms with Crippen molar-refractivity contribution in [3.8, 4) is 11.3 Å². The molecule has 0 saturated heterocycles. The molecule has 1 fully saturated rings. The Morgan fingerprint density at radius 1 is 1.00 bits per heavy atom. The molecular formula is C16H19F2N3. The van der Waals surface area contributed by atoms with E-state index in [4.69, 9.17) is 5.73 Å². The smallest absolute Gasteiger partial charge is 0.126 e. The number of rotatable bonds is 2. The highest BCUT2D eigenvalue weighted by molar-refractivity contribution is 5.72. The zero-order chi connectivity index (χ0) is 14.8. The maximum Gasteiger partial charge on any atom is 0.126 e. The molecule has 1 saturated carbocycles. The van der Waals surface area contributed by atoms with Crippen LogP contribution in [0.2, 0.25) is 0 Å². The lowest BCUT2D eigenvalue weighted by molar-refractivity contribution is 0.406. The number of halogens is 2. The standard InChI is InChI=1S/C16H19F2N3/c17-12-7-11(8-13(18)9-12)16-15(19)10-21(20-16)14-5-3-1-2-4-6-14/h7-10,14H,1-6,19H2. The fraction of sp³-hybridized carbons (Fsp3) is 0.438. The number of benzene rings is 1. The summed E-state index contributed by atoms with van der Waals surface area (Å²) >= 11 is 0. The molecule has 21 heavy (non-hydrogen) atoms. The Bertz CT molecular complexity index is 608. The van der Waals surface area contributed by atoms with E-state index in [1.165, 1.54) is 37.8 Å². The van der Waals surface area contributed by atoms with Crippen LogP contribution in [0.4, 0.5) is 14.5 Å². The number of anilines is 1. The predicted octanol–water partition coefficient (Wildman–Crippen LogP) is 4.31. The number of nitrogen functional groups attached to an aromatic ring is 1. The van der Waals surface area contributed by atoms with E-state index in [2.05, 4.69) is 5.10 Å². The van der Waals surface area contributed by atoms with E-state index in [0.29, 0.717) is 23.0 Å². The van der Waals surface area contributed by atoms with Crippen LogP contribution < -0.4 is 5.73 Å². The lowest BCUT2D eigenvalue weighted by Gasteiger charge is -2.14. The molecule has 1 aromatic carbocycles. The van der Waals surface area contributed by atoms with Gasteiger partial charge in [0.15, 0.2) is 0 Å². The molecule has 0 aliphatic heterocycles. The van der Waals surface area contributed by atoms with Gasteiger partial charge >= 0.3 is 0 Å². The monoisotopic (exact) mass is 291 g/mol. The molecule has 2 N–H and O–H groups in total. The van der Waals surface area contributed by atoms with Crippen LogP contribution in [0.5, 0.6) is 0 Å². The van der Waals surface area contributed by atoms with Crippen molar-refractivity contribution in [3.63, 3.8) is 0 Å². The third-order valence-electron chi connectivity index (χ3n) is 4.10. The first-order valence-electron chi connectivity index (χ1n) is 7.44. The Kier molecular flexibility index (Phi) is 3.90. The van der Waals surface area contributed by atoms with Crippen molar-refractivity contribution < 1.29 is 8.78 Å². The normalized spacial score (nSPS) is 16.9. The second-order valence-electron chi connectivity index (χ2n) is 5.72. The van der Waals surface area contributed by atoms with Crippen molar-refractivity contribution >= 4 is 5.69 Å². The summed E-state index contributed by atoms with van der Waals surface area (Å²) in [4.78, 5) is 0. The molecule has 1 aliphatic carbocycles. The molecule has 112 valence electrons. The van der Waals surface area contributed by atoms with Gasteiger partial charge in [0.05, 0.1) is 11.7 Å². The summed E-state index contributed by atoms with van der Waals surface area (Å²) in [5.41, 5.74) is 7.30. The van der Waals surface area contributed by atoms with Crippen molar-refractivity contribution in [2.24, 2.45) is 0 Å². The highest BCUT2D eigenvalue weighted by atomic mass is 19.1. The number of nitrogens with zero attached hydrogens (tertiary/aromatic N) is 2. The second-order valence-corrected chi connectivity index (χ2v) is 5.72.